The summed E-state index contributed by atoms with van der Waals surface area (Å²) in [5.41, 5.74) is 2.90. The van der Waals surface area contributed by atoms with Crippen molar-refractivity contribution in [1.82, 2.24) is 0 Å². The average Bonchev–Trinajstić information content (AvgIpc) is 2.41. The second kappa shape index (κ2) is 6.46. The van der Waals surface area contributed by atoms with Crippen LogP contribution in [0.5, 0.6) is 11.5 Å². The highest BCUT2D eigenvalue weighted by Crippen LogP contribution is 2.33. The molecule has 0 saturated carbocycles. The summed E-state index contributed by atoms with van der Waals surface area (Å²) in [5.74, 6) is 1.49. The van der Waals surface area contributed by atoms with Gasteiger partial charge in [0.25, 0.3) is 0 Å². The summed E-state index contributed by atoms with van der Waals surface area (Å²) in [6, 6.07) is 10.6. The molecule has 0 atom stereocenters. The predicted octanol–water partition coefficient (Wildman–Crippen LogP) is 4.49. The van der Waals surface area contributed by atoms with E-state index in [0.29, 0.717) is 21.5 Å². The summed E-state index contributed by atoms with van der Waals surface area (Å²) >= 11 is 11.9. The molecule has 0 aliphatic heterocycles. The molecule has 2 aromatic rings. The number of hydrogen-bond acceptors (Lipinski definition) is 2. The van der Waals surface area contributed by atoms with Gasteiger partial charge in [0.05, 0.1) is 5.02 Å². The van der Waals surface area contributed by atoms with Crippen LogP contribution in [0.25, 0.3) is 0 Å². The molecule has 0 radical (unpaired) electrons. The van der Waals surface area contributed by atoms with Crippen molar-refractivity contribution in [2.75, 3.05) is 0 Å². The summed E-state index contributed by atoms with van der Waals surface area (Å²) in [6.07, 6.45) is 0. The van der Waals surface area contributed by atoms with E-state index in [2.05, 4.69) is 13.8 Å². The summed E-state index contributed by atoms with van der Waals surface area (Å²) in [6.45, 7) is 4.11. The maximum atomic E-state index is 9.22. The number of quaternary nitrogens is 1. The van der Waals surface area contributed by atoms with E-state index in [9.17, 15) is 5.21 Å². The van der Waals surface area contributed by atoms with E-state index in [1.54, 1.807) is 24.3 Å². The largest absolute Gasteiger partial charge is 0.456 e. The van der Waals surface area contributed by atoms with Crippen molar-refractivity contribution in [2.24, 2.45) is 0 Å². The molecule has 0 aliphatic carbocycles. The number of nitrogens with two attached hydrogens (primary N) is 1. The van der Waals surface area contributed by atoms with Crippen molar-refractivity contribution in [3.63, 3.8) is 0 Å². The first-order chi connectivity index (χ1) is 9.51. The standard InChI is InChI=1S/C15H15Cl2NO2/c1-9(2)12-8-11(4-5-14(12)18-19)20-15-6-3-10(16)7-13(15)17/h3-9,18-19H,1-2H3/p+1. The first-order valence-electron chi connectivity index (χ1n) is 6.25. The molecule has 0 spiro atoms. The lowest BCUT2D eigenvalue weighted by Gasteiger charge is -2.12. The molecular weight excluding hydrogens is 297 g/mol. The van der Waals surface area contributed by atoms with Crippen molar-refractivity contribution < 1.29 is 15.4 Å². The summed E-state index contributed by atoms with van der Waals surface area (Å²) in [4.78, 5) is 0. The van der Waals surface area contributed by atoms with Gasteiger partial charge in [0, 0.05) is 16.7 Å². The predicted molar refractivity (Wildman–Crippen MR) is 80.4 cm³/mol. The second-order valence-electron chi connectivity index (χ2n) is 4.75. The fraction of sp³-hybridized carbons (Fsp3) is 0.200. The van der Waals surface area contributed by atoms with Gasteiger partial charge in [-0.15, -0.1) is 0 Å². The highest BCUT2D eigenvalue weighted by atomic mass is 35.5. The molecule has 0 fully saturated rings. The van der Waals surface area contributed by atoms with Gasteiger partial charge >= 0.3 is 0 Å². The Morgan fingerprint density at radius 3 is 2.45 bits per heavy atom. The Morgan fingerprint density at radius 2 is 1.85 bits per heavy atom. The van der Waals surface area contributed by atoms with Crippen molar-refractivity contribution in [3.05, 3.63) is 52.0 Å². The number of rotatable bonds is 4. The average molecular weight is 313 g/mol. The summed E-state index contributed by atoms with van der Waals surface area (Å²) < 4.78 is 5.77. The van der Waals surface area contributed by atoms with Crippen LogP contribution >= 0.6 is 23.2 Å². The third-order valence-corrected chi connectivity index (χ3v) is 3.47. The topological polar surface area (TPSA) is 46.1 Å². The molecule has 0 aliphatic rings. The molecule has 0 bridgehead atoms. The lowest BCUT2D eigenvalue weighted by atomic mass is 10.0. The van der Waals surface area contributed by atoms with E-state index in [0.717, 1.165) is 16.7 Å². The highest BCUT2D eigenvalue weighted by Gasteiger charge is 2.12. The van der Waals surface area contributed by atoms with Crippen LogP contribution < -0.4 is 10.2 Å². The van der Waals surface area contributed by atoms with Crippen molar-refractivity contribution in [1.29, 1.82) is 0 Å². The number of benzene rings is 2. The second-order valence-corrected chi connectivity index (χ2v) is 5.59. The Kier molecular flexibility index (Phi) is 4.89. The van der Waals surface area contributed by atoms with E-state index >= 15 is 0 Å². The van der Waals surface area contributed by atoms with Gasteiger partial charge in [-0.3, -0.25) is 0 Å². The van der Waals surface area contributed by atoms with Crippen molar-refractivity contribution in [2.45, 2.75) is 19.8 Å². The summed E-state index contributed by atoms with van der Waals surface area (Å²) in [7, 11) is 0. The molecular formula is C15H16Cl2NO2+. The molecule has 0 heterocycles. The lowest BCUT2D eigenvalue weighted by molar-refractivity contribution is -0.826. The fourth-order valence-electron chi connectivity index (χ4n) is 1.92. The van der Waals surface area contributed by atoms with Crippen molar-refractivity contribution >= 4 is 28.9 Å². The molecule has 0 aromatic heterocycles. The maximum absolute atomic E-state index is 9.22. The maximum Gasteiger partial charge on any atom is 0.165 e. The Balaban J connectivity index is 2.32. The number of ether oxygens (including phenoxy) is 1. The minimum atomic E-state index is 0.276. The third-order valence-electron chi connectivity index (χ3n) is 2.94. The highest BCUT2D eigenvalue weighted by molar-refractivity contribution is 6.35. The SMILES string of the molecule is CC(C)c1cc(Oc2ccc(Cl)cc2Cl)ccc1[NH2+]O. The Hall–Kier alpha value is -1.26. The van der Waals surface area contributed by atoms with Crippen LogP contribution in [0.3, 0.4) is 0 Å². The van der Waals surface area contributed by atoms with Gasteiger partial charge in [-0.1, -0.05) is 37.0 Å². The van der Waals surface area contributed by atoms with Crippen LogP contribution in [-0.2, 0) is 0 Å². The molecule has 2 rings (SSSR count). The van der Waals surface area contributed by atoms with Gasteiger partial charge in [0.2, 0.25) is 0 Å². The van der Waals surface area contributed by atoms with Crippen LogP contribution in [0.15, 0.2) is 36.4 Å². The van der Waals surface area contributed by atoms with Gasteiger partial charge in [-0.2, -0.15) is 5.48 Å². The zero-order chi connectivity index (χ0) is 14.7. The van der Waals surface area contributed by atoms with Crippen LogP contribution in [0.1, 0.15) is 25.3 Å². The Morgan fingerprint density at radius 1 is 1.10 bits per heavy atom. The van der Waals surface area contributed by atoms with Gasteiger partial charge in [-0.25, -0.2) is 5.21 Å². The number of hydrogen-bond donors (Lipinski definition) is 2. The fourth-order valence-corrected chi connectivity index (χ4v) is 2.37. The molecule has 3 nitrogen and oxygen atoms in total. The molecule has 20 heavy (non-hydrogen) atoms. The van der Waals surface area contributed by atoms with Crippen molar-refractivity contribution in [3.8, 4) is 11.5 Å². The van der Waals surface area contributed by atoms with Gasteiger partial charge in [-0.05, 0) is 36.2 Å². The van der Waals surface area contributed by atoms with Crippen LogP contribution in [-0.4, -0.2) is 5.21 Å². The van der Waals surface area contributed by atoms with Gasteiger partial charge in [0.1, 0.15) is 11.5 Å². The minimum Gasteiger partial charge on any atom is -0.456 e. The normalized spacial score (nSPS) is 10.9. The van der Waals surface area contributed by atoms with E-state index < -0.39 is 0 Å². The zero-order valence-corrected chi connectivity index (χ0v) is 12.7. The van der Waals surface area contributed by atoms with Crippen LogP contribution in [0, 0.1) is 0 Å². The first kappa shape index (κ1) is 15.1. The van der Waals surface area contributed by atoms with E-state index in [4.69, 9.17) is 27.9 Å². The smallest absolute Gasteiger partial charge is 0.165 e. The third kappa shape index (κ3) is 3.44. The molecule has 5 heteroatoms. The van der Waals surface area contributed by atoms with Crippen LogP contribution in [0.4, 0.5) is 5.69 Å². The molecule has 0 saturated heterocycles. The monoisotopic (exact) mass is 312 g/mol. The molecule has 3 N–H and O–H groups in total. The van der Waals surface area contributed by atoms with E-state index in [-0.39, 0.29) is 5.92 Å². The van der Waals surface area contributed by atoms with E-state index in [1.165, 1.54) is 0 Å². The summed E-state index contributed by atoms with van der Waals surface area (Å²) in [5, 5.41) is 10.2. The Labute approximate surface area is 128 Å². The van der Waals surface area contributed by atoms with Gasteiger partial charge in [0.15, 0.2) is 5.69 Å². The first-order valence-corrected chi connectivity index (χ1v) is 7.01. The molecule has 106 valence electrons. The molecule has 0 unspecified atom stereocenters. The van der Waals surface area contributed by atoms with E-state index in [1.807, 2.05) is 12.1 Å². The van der Waals surface area contributed by atoms with Gasteiger partial charge < -0.3 is 4.74 Å². The quantitative estimate of drug-likeness (QED) is 0.645. The minimum absolute atomic E-state index is 0.276. The van der Waals surface area contributed by atoms with Crippen LogP contribution in [0.2, 0.25) is 10.0 Å². The molecule has 2 aromatic carbocycles. The number of halogens is 2. The lowest BCUT2D eigenvalue weighted by Crippen LogP contribution is -2.74. The molecule has 0 amide bonds. The zero-order valence-electron chi connectivity index (χ0n) is 11.2. The Bertz CT molecular complexity index is 615.